The van der Waals surface area contributed by atoms with Gasteiger partial charge in [0.15, 0.2) is 5.82 Å². The molecule has 0 aliphatic carbocycles. The summed E-state index contributed by atoms with van der Waals surface area (Å²) in [6, 6.07) is 8.12. The Morgan fingerprint density at radius 2 is 2.12 bits per heavy atom. The quantitative estimate of drug-likeness (QED) is 0.739. The number of rotatable bonds is 4. The van der Waals surface area contributed by atoms with E-state index in [-0.39, 0.29) is 12.2 Å². The van der Waals surface area contributed by atoms with E-state index >= 15 is 0 Å². The summed E-state index contributed by atoms with van der Waals surface area (Å²) in [6.45, 7) is 1.99. The second-order valence-electron chi connectivity index (χ2n) is 4.92. The first kappa shape index (κ1) is 15.7. The third-order valence-electron chi connectivity index (χ3n) is 3.43. The number of benzene rings is 1. The molecule has 0 radical (unpaired) electrons. The third kappa shape index (κ3) is 2.83. The highest BCUT2D eigenvalue weighted by Crippen LogP contribution is 2.24. The molecule has 0 atom stereocenters. The van der Waals surface area contributed by atoms with Crippen molar-refractivity contribution in [3.8, 4) is 17.3 Å². The highest BCUT2D eigenvalue weighted by molar-refractivity contribution is 5.94. The van der Waals surface area contributed by atoms with Gasteiger partial charge in [0.25, 0.3) is 5.56 Å². The standard InChI is InChI=1S/C17H15N3O4/c1-3-24-17(22)10-6-7-12-11(9-10)16(21)20-15(19-12)14-13(23-2)5-4-8-18-14/h4-9H,3H2,1-2H3,(H,19,20,21). The van der Waals surface area contributed by atoms with Crippen molar-refractivity contribution in [1.29, 1.82) is 0 Å². The van der Waals surface area contributed by atoms with Crippen LogP contribution < -0.4 is 10.3 Å². The van der Waals surface area contributed by atoms with Crippen LogP contribution in [0.4, 0.5) is 0 Å². The minimum Gasteiger partial charge on any atom is -0.494 e. The topological polar surface area (TPSA) is 94.2 Å². The molecule has 0 saturated carbocycles. The van der Waals surface area contributed by atoms with Crippen LogP contribution in [0.15, 0.2) is 41.3 Å². The molecule has 1 aromatic carbocycles. The molecule has 3 aromatic rings. The van der Waals surface area contributed by atoms with Crippen molar-refractivity contribution in [2.75, 3.05) is 13.7 Å². The molecule has 3 rings (SSSR count). The molecule has 0 unspecified atom stereocenters. The Morgan fingerprint density at radius 1 is 1.29 bits per heavy atom. The number of fused-ring (bicyclic) bond motifs is 1. The first-order valence-electron chi connectivity index (χ1n) is 7.34. The third-order valence-corrected chi connectivity index (χ3v) is 3.43. The highest BCUT2D eigenvalue weighted by Gasteiger charge is 2.14. The monoisotopic (exact) mass is 325 g/mol. The van der Waals surface area contributed by atoms with Gasteiger partial charge in [-0.05, 0) is 37.3 Å². The van der Waals surface area contributed by atoms with Crippen LogP contribution in [-0.4, -0.2) is 34.6 Å². The number of H-pyrrole nitrogens is 1. The Labute approximate surface area is 137 Å². The average Bonchev–Trinajstić information content (AvgIpc) is 2.61. The van der Waals surface area contributed by atoms with Crippen molar-refractivity contribution < 1.29 is 14.3 Å². The second-order valence-corrected chi connectivity index (χ2v) is 4.92. The summed E-state index contributed by atoms with van der Waals surface area (Å²) in [5.41, 5.74) is 0.830. The van der Waals surface area contributed by atoms with E-state index in [1.54, 1.807) is 37.4 Å². The number of nitrogens with one attached hydrogen (secondary N) is 1. The zero-order chi connectivity index (χ0) is 17.1. The molecule has 24 heavy (non-hydrogen) atoms. The summed E-state index contributed by atoms with van der Waals surface area (Å²) >= 11 is 0. The Bertz CT molecular complexity index is 965. The summed E-state index contributed by atoms with van der Waals surface area (Å²) < 4.78 is 10.2. The lowest BCUT2D eigenvalue weighted by atomic mass is 10.1. The number of nitrogens with zero attached hydrogens (tertiary/aromatic N) is 2. The number of hydrogen-bond donors (Lipinski definition) is 1. The number of carbonyl (C=O) groups excluding carboxylic acids is 1. The number of hydrogen-bond acceptors (Lipinski definition) is 6. The molecule has 0 aliphatic rings. The largest absolute Gasteiger partial charge is 0.494 e. The molecule has 0 aliphatic heterocycles. The first-order chi connectivity index (χ1) is 11.6. The van der Waals surface area contributed by atoms with E-state index < -0.39 is 5.97 Å². The number of ether oxygens (including phenoxy) is 2. The lowest BCUT2D eigenvalue weighted by Gasteiger charge is -2.07. The van der Waals surface area contributed by atoms with E-state index in [0.29, 0.717) is 33.7 Å². The van der Waals surface area contributed by atoms with Gasteiger partial charge < -0.3 is 14.5 Å². The Kier molecular flexibility index (Phi) is 4.24. The van der Waals surface area contributed by atoms with Gasteiger partial charge in [-0.3, -0.25) is 4.79 Å². The smallest absolute Gasteiger partial charge is 0.338 e. The van der Waals surface area contributed by atoms with Crippen molar-refractivity contribution in [2.45, 2.75) is 6.92 Å². The van der Waals surface area contributed by atoms with Crippen LogP contribution in [0.1, 0.15) is 17.3 Å². The van der Waals surface area contributed by atoms with E-state index in [1.807, 2.05) is 0 Å². The van der Waals surface area contributed by atoms with E-state index in [9.17, 15) is 9.59 Å². The van der Waals surface area contributed by atoms with Gasteiger partial charge in [-0.1, -0.05) is 0 Å². The van der Waals surface area contributed by atoms with Crippen molar-refractivity contribution in [3.05, 3.63) is 52.4 Å². The van der Waals surface area contributed by atoms with Crippen LogP contribution >= 0.6 is 0 Å². The number of methoxy groups -OCH3 is 1. The molecule has 2 heterocycles. The number of carbonyl (C=O) groups is 1. The molecule has 0 saturated heterocycles. The number of pyridine rings is 1. The molecular weight excluding hydrogens is 310 g/mol. The molecule has 0 amide bonds. The summed E-state index contributed by atoms with van der Waals surface area (Å²) in [7, 11) is 1.52. The molecular formula is C17H15N3O4. The number of aromatic nitrogens is 3. The maximum atomic E-state index is 12.4. The fourth-order valence-electron chi connectivity index (χ4n) is 2.33. The normalized spacial score (nSPS) is 10.6. The molecule has 1 N–H and O–H groups in total. The van der Waals surface area contributed by atoms with Crippen LogP contribution in [-0.2, 0) is 4.74 Å². The predicted octanol–water partition coefficient (Wildman–Crippen LogP) is 2.17. The fourth-order valence-corrected chi connectivity index (χ4v) is 2.33. The predicted molar refractivity (Wildman–Crippen MR) is 88.1 cm³/mol. The number of aromatic amines is 1. The van der Waals surface area contributed by atoms with Crippen LogP contribution in [0.3, 0.4) is 0 Å². The molecule has 0 bridgehead atoms. The van der Waals surface area contributed by atoms with Gasteiger partial charge in [0.1, 0.15) is 11.4 Å². The molecule has 7 nitrogen and oxygen atoms in total. The lowest BCUT2D eigenvalue weighted by molar-refractivity contribution is 0.0526. The Hall–Kier alpha value is -3.22. The van der Waals surface area contributed by atoms with Gasteiger partial charge in [-0.25, -0.2) is 14.8 Å². The number of esters is 1. The van der Waals surface area contributed by atoms with Gasteiger partial charge in [0.05, 0.1) is 30.2 Å². The summed E-state index contributed by atoms with van der Waals surface area (Å²) in [6.07, 6.45) is 1.59. The van der Waals surface area contributed by atoms with Crippen molar-refractivity contribution in [2.24, 2.45) is 0 Å². The van der Waals surface area contributed by atoms with Crippen molar-refractivity contribution in [1.82, 2.24) is 15.0 Å². The van der Waals surface area contributed by atoms with E-state index in [0.717, 1.165) is 0 Å². The maximum absolute atomic E-state index is 12.4. The van der Waals surface area contributed by atoms with Crippen LogP contribution in [0.25, 0.3) is 22.4 Å². The Morgan fingerprint density at radius 3 is 2.88 bits per heavy atom. The van der Waals surface area contributed by atoms with Gasteiger partial charge in [0, 0.05) is 6.20 Å². The maximum Gasteiger partial charge on any atom is 0.338 e. The molecule has 7 heteroatoms. The van der Waals surface area contributed by atoms with Gasteiger partial charge in [-0.15, -0.1) is 0 Å². The van der Waals surface area contributed by atoms with Crippen molar-refractivity contribution >= 4 is 16.9 Å². The SMILES string of the molecule is CCOC(=O)c1ccc2nc(-c3ncccc3OC)[nH]c(=O)c2c1. The lowest BCUT2D eigenvalue weighted by Crippen LogP contribution is -2.12. The molecule has 122 valence electrons. The van der Waals surface area contributed by atoms with Gasteiger partial charge in [0.2, 0.25) is 0 Å². The van der Waals surface area contributed by atoms with Crippen LogP contribution in [0.2, 0.25) is 0 Å². The van der Waals surface area contributed by atoms with E-state index in [4.69, 9.17) is 9.47 Å². The summed E-state index contributed by atoms with van der Waals surface area (Å²) in [5.74, 6) is 0.325. The average molecular weight is 325 g/mol. The van der Waals surface area contributed by atoms with E-state index in [2.05, 4.69) is 15.0 Å². The summed E-state index contributed by atoms with van der Waals surface area (Å²) in [5, 5.41) is 0.305. The zero-order valence-electron chi connectivity index (χ0n) is 13.2. The minimum absolute atomic E-state index is 0.268. The van der Waals surface area contributed by atoms with Crippen molar-refractivity contribution in [3.63, 3.8) is 0 Å². The van der Waals surface area contributed by atoms with Crippen LogP contribution in [0, 0.1) is 0 Å². The van der Waals surface area contributed by atoms with Gasteiger partial charge >= 0.3 is 5.97 Å². The first-order valence-corrected chi connectivity index (χ1v) is 7.34. The molecule has 0 fully saturated rings. The molecule has 0 spiro atoms. The zero-order valence-corrected chi connectivity index (χ0v) is 13.2. The van der Waals surface area contributed by atoms with E-state index in [1.165, 1.54) is 13.2 Å². The van der Waals surface area contributed by atoms with Crippen LogP contribution in [0.5, 0.6) is 5.75 Å². The summed E-state index contributed by atoms with van der Waals surface area (Å²) in [4.78, 5) is 35.5. The Balaban J connectivity index is 2.13. The van der Waals surface area contributed by atoms with Gasteiger partial charge in [-0.2, -0.15) is 0 Å². The second kappa shape index (κ2) is 6.49. The highest BCUT2D eigenvalue weighted by atomic mass is 16.5. The molecule has 2 aromatic heterocycles. The fraction of sp³-hybridized carbons (Fsp3) is 0.176. The minimum atomic E-state index is -0.478.